The second-order valence-corrected chi connectivity index (χ2v) is 6.64. The van der Waals surface area contributed by atoms with Gasteiger partial charge in [-0.1, -0.05) is 20.8 Å². The van der Waals surface area contributed by atoms with E-state index >= 15 is 0 Å². The highest BCUT2D eigenvalue weighted by Gasteiger charge is 2.38. The monoisotopic (exact) mass is 253 g/mol. The molecule has 3 heteroatoms. The normalized spacial score (nSPS) is 42.7. The van der Waals surface area contributed by atoms with Crippen molar-refractivity contribution < 1.29 is 9.90 Å². The average molecular weight is 253 g/mol. The predicted molar refractivity (Wildman–Crippen MR) is 72.5 cm³/mol. The number of aliphatic carboxylic acids is 1. The maximum Gasteiger partial charge on any atom is 0.320 e. The SMILES string of the molecule is CC1CCN(C2CCC(C)C(C)C2)C(C(=O)O)C1. The first-order valence-corrected chi connectivity index (χ1v) is 7.47. The Bertz CT molecular complexity index is 305. The molecule has 18 heavy (non-hydrogen) atoms. The summed E-state index contributed by atoms with van der Waals surface area (Å²) < 4.78 is 0. The summed E-state index contributed by atoms with van der Waals surface area (Å²) in [5.74, 6) is 1.47. The van der Waals surface area contributed by atoms with Crippen LogP contribution in [0, 0.1) is 17.8 Å². The Morgan fingerprint density at radius 1 is 1.06 bits per heavy atom. The second-order valence-electron chi connectivity index (χ2n) is 6.64. The second kappa shape index (κ2) is 5.60. The van der Waals surface area contributed by atoms with Gasteiger partial charge in [0.25, 0.3) is 0 Å². The molecule has 5 atom stereocenters. The zero-order valence-electron chi connectivity index (χ0n) is 11.9. The van der Waals surface area contributed by atoms with Crippen molar-refractivity contribution in [3.05, 3.63) is 0 Å². The number of carbonyl (C=O) groups is 1. The lowest BCUT2D eigenvalue weighted by molar-refractivity contribution is -0.147. The summed E-state index contributed by atoms with van der Waals surface area (Å²) in [4.78, 5) is 13.8. The van der Waals surface area contributed by atoms with Crippen LogP contribution in [-0.2, 0) is 4.79 Å². The summed E-state index contributed by atoms with van der Waals surface area (Å²) >= 11 is 0. The van der Waals surface area contributed by atoms with Gasteiger partial charge < -0.3 is 5.11 Å². The number of carboxylic acid groups (broad SMARTS) is 1. The third-order valence-electron chi connectivity index (χ3n) is 5.23. The largest absolute Gasteiger partial charge is 0.480 e. The Balaban J connectivity index is 2.04. The van der Waals surface area contributed by atoms with E-state index in [9.17, 15) is 9.90 Å². The van der Waals surface area contributed by atoms with Crippen LogP contribution in [0.2, 0.25) is 0 Å². The van der Waals surface area contributed by atoms with E-state index in [0.717, 1.165) is 31.2 Å². The molecule has 0 amide bonds. The molecular formula is C15H27NO2. The molecule has 2 aliphatic rings. The van der Waals surface area contributed by atoms with Gasteiger partial charge >= 0.3 is 5.97 Å². The van der Waals surface area contributed by atoms with Gasteiger partial charge in [0.2, 0.25) is 0 Å². The van der Waals surface area contributed by atoms with E-state index in [2.05, 4.69) is 25.7 Å². The Morgan fingerprint density at radius 3 is 2.39 bits per heavy atom. The zero-order valence-corrected chi connectivity index (χ0v) is 11.9. The average Bonchev–Trinajstić information content (AvgIpc) is 2.32. The highest BCUT2D eigenvalue weighted by Crippen LogP contribution is 2.35. The third kappa shape index (κ3) is 2.87. The Morgan fingerprint density at radius 2 is 1.78 bits per heavy atom. The molecule has 2 rings (SSSR count). The van der Waals surface area contributed by atoms with Gasteiger partial charge in [0.1, 0.15) is 6.04 Å². The summed E-state index contributed by atoms with van der Waals surface area (Å²) in [6, 6.07) is 0.268. The van der Waals surface area contributed by atoms with Crippen LogP contribution in [0.4, 0.5) is 0 Å². The van der Waals surface area contributed by atoms with E-state index in [0.29, 0.717) is 12.0 Å². The molecule has 104 valence electrons. The fourth-order valence-corrected chi connectivity index (χ4v) is 3.66. The third-order valence-corrected chi connectivity index (χ3v) is 5.23. The van der Waals surface area contributed by atoms with E-state index in [4.69, 9.17) is 0 Å². The van der Waals surface area contributed by atoms with E-state index < -0.39 is 5.97 Å². The highest BCUT2D eigenvalue weighted by molar-refractivity contribution is 5.73. The quantitative estimate of drug-likeness (QED) is 0.822. The minimum absolute atomic E-state index is 0.237. The molecule has 1 N–H and O–H groups in total. The van der Waals surface area contributed by atoms with Crippen LogP contribution in [0.1, 0.15) is 52.9 Å². The summed E-state index contributed by atoms with van der Waals surface area (Å²) in [7, 11) is 0. The summed E-state index contributed by atoms with van der Waals surface area (Å²) in [6.07, 6.45) is 5.60. The standard InChI is InChI=1S/C15H27NO2/c1-10-6-7-16(14(8-10)15(17)18)13-5-4-11(2)12(3)9-13/h10-14H,4-9H2,1-3H3,(H,17,18). The maximum atomic E-state index is 11.5. The van der Waals surface area contributed by atoms with Crippen LogP contribution in [0.15, 0.2) is 0 Å². The van der Waals surface area contributed by atoms with Crippen molar-refractivity contribution in [3.8, 4) is 0 Å². The minimum Gasteiger partial charge on any atom is -0.480 e. The van der Waals surface area contributed by atoms with Gasteiger partial charge in [-0.25, -0.2) is 0 Å². The summed E-state index contributed by atoms with van der Waals surface area (Å²) in [5, 5.41) is 9.43. The molecule has 1 saturated carbocycles. The van der Waals surface area contributed by atoms with Crippen LogP contribution in [0.3, 0.4) is 0 Å². The van der Waals surface area contributed by atoms with Crippen LogP contribution >= 0.6 is 0 Å². The Kier molecular flexibility index (Phi) is 4.31. The zero-order chi connectivity index (χ0) is 13.3. The topological polar surface area (TPSA) is 40.5 Å². The van der Waals surface area contributed by atoms with Gasteiger partial charge in [-0.3, -0.25) is 9.69 Å². The molecular weight excluding hydrogens is 226 g/mol. The summed E-state index contributed by atoms with van der Waals surface area (Å²) in [5.41, 5.74) is 0. The number of piperidine rings is 1. The molecule has 0 bridgehead atoms. The molecule has 1 saturated heterocycles. The van der Waals surface area contributed by atoms with Crippen molar-refractivity contribution in [1.82, 2.24) is 4.90 Å². The first-order valence-electron chi connectivity index (χ1n) is 7.47. The van der Waals surface area contributed by atoms with Crippen molar-refractivity contribution in [2.24, 2.45) is 17.8 Å². The Labute approximate surface area is 111 Å². The number of hydrogen-bond acceptors (Lipinski definition) is 2. The van der Waals surface area contributed by atoms with Crippen molar-refractivity contribution in [2.75, 3.05) is 6.54 Å². The molecule has 1 aliphatic carbocycles. The molecule has 0 radical (unpaired) electrons. The Hall–Kier alpha value is -0.570. The molecule has 0 aromatic carbocycles. The molecule has 0 aromatic heterocycles. The summed E-state index contributed by atoms with van der Waals surface area (Å²) in [6.45, 7) is 7.80. The van der Waals surface area contributed by atoms with Crippen LogP contribution in [0.25, 0.3) is 0 Å². The molecule has 0 spiro atoms. The van der Waals surface area contributed by atoms with Gasteiger partial charge in [-0.05, 0) is 56.4 Å². The molecule has 0 aromatic rings. The number of nitrogens with zero attached hydrogens (tertiary/aromatic N) is 1. The molecule has 2 fully saturated rings. The van der Waals surface area contributed by atoms with E-state index in [1.807, 2.05) is 0 Å². The lowest BCUT2D eigenvalue weighted by atomic mass is 9.77. The van der Waals surface area contributed by atoms with Crippen molar-refractivity contribution in [1.29, 1.82) is 0 Å². The molecule has 5 unspecified atom stereocenters. The predicted octanol–water partition coefficient (Wildman–Crippen LogP) is 3.00. The van der Waals surface area contributed by atoms with Crippen molar-refractivity contribution in [2.45, 2.75) is 65.0 Å². The van der Waals surface area contributed by atoms with Crippen molar-refractivity contribution in [3.63, 3.8) is 0 Å². The fraction of sp³-hybridized carbons (Fsp3) is 0.933. The van der Waals surface area contributed by atoms with Gasteiger partial charge in [0.15, 0.2) is 0 Å². The number of rotatable bonds is 2. The van der Waals surface area contributed by atoms with Crippen LogP contribution in [0.5, 0.6) is 0 Å². The number of carboxylic acids is 1. The maximum absolute atomic E-state index is 11.5. The van der Waals surface area contributed by atoms with Gasteiger partial charge in [0, 0.05) is 6.04 Å². The molecule has 1 aliphatic heterocycles. The van der Waals surface area contributed by atoms with Gasteiger partial charge in [-0.2, -0.15) is 0 Å². The van der Waals surface area contributed by atoms with Crippen molar-refractivity contribution >= 4 is 5.97 Å². The van der Waals surface area contributed by atoms with E-state index in [1.165, 1.54) is 19.3 Å². The fourth-order valence-electron chi connectivity index (χ4n) is 3.66. The van der Waals surface area contributed by atoms with Crippen LogP contribution in [-0.4, -0.2) is 34.6 Å². The number of likely N-dealkylation sites (tertiary alicyclic amines) is 1. The highest BCUT2D eigenvalue weighted by atomic mass is 16.4. The lowest BCUT2D eigenvalue weighted by Gasteiger charge is -2.45. The van der Waals surface area contributed by atoms with E-state index in [-0.39, 0.29) is 6.04 Å². The number of hydrogen-bond donors (Lipinski definition) is 1. The smallest absolute Gasteiger partial charge is 0.320 e. The van der Waals surface area contributed by atoms with E-state index in [1.54, 1.807) is 0 Å². The first kappa shape index (κ1) is 13.9. The van der Waals surface area contributed by atoms with Crippen LogP contribution < -0.4 is 0 Å². The molecule has 3 nitrogen and oxygen atoms in total. The first-order chi connectivity index (χ1) is 8.49. The molecule has 1 heterocycles. The van der Waals surface area contributed by atoms with Gasteiger partial charge in [-0.15, -0.1) is 0 Å². The minimum atomic E-state index is -0.618. The lowest BCUT2D eigenvalue weighted by Crippen LogP contribution is -2.53. The van der Waals surface area contributed by atoms with Gasteiger partial charge in [0.05, 0.1) is 0 Å².